The third kappa shape index (κ3) is 6.50. The molecule has 34 heavy (non-hydrogen) atoms. The number of nitrogens with zero attached hydrogens (tertiary/aromatic N) is 3. The summed E-state index contributed by atoms with van der Waals surface area (Å²) in [5.74, 6) is -0.508. The molecule has 0 unspecified atom stereocenters. The largest absolute Gasteiger partial charge is 0.433 e. The van der Waals surface area contributed by atoms with Gasteiger partial charge in [-0.25, -0.2) is 18.1 Å². The van der Waals surface area contributed by atoms with E-state index in [1.54, 1.807) is 0 Å². The van der Waals surface area contributed by atoms with Crippen LogP contribution < -0.4 is 15.4 Å². The fraction of sp³-hybridized carbons (Fsp3) is 0.143. The number of aromatic nitrogens is 2. The van der Waals surface area contributed by atoms with Gasteiger partial charge in [-0.15, -0.1) is 0 Å². The quantitative estimate of drug-likeness (QED) is 0.307. The first-order chi connectivity index (χ1) is 16.1. The Morgan fingerprint density at radius 1 is 1.00 bits per heavy atom. The summed E-state index contributed by atoms with van der Waals surface area (Å²) >= 11 is 0. The zero-order valence-electron chi connectivity index (χ0n) is 17.3. The van der Waals surface area contributed by atoms with Crippen LogP contribution in [-0.4, -0.2) is 37.8 Å². The second kappa shape index (κ2) is 10.3. The van der Waals surface area contributed by atoms with E-state index in [9.17, 15) is 26.4 Å². The van der Waals surface area contributed by atoms with Gasteiger partial charge in [-0.3, -0.25) is 4.79 Å². The van der Waals surface area contributed by atoms with Crippen molar-refractivity contribution in [3.8, 4) is 6.07 Å². The molecule has 13 heteroatoms. The van der Waals surface area contributed by atoms with Crippen molar-refractivity contribution in [2.45, 2.75) is 11.1 Å². The van der Waals surface area contributed by atoms with Gasteiger partial charge >= 0.3 is 6.18 Å². The maximum atomic E-state index is 13.3. The number of sulfonamides is 1. The van der Waals surface area contributed by atoms with E-state index in [0.29, 0.717) is 23.1 Å². The number of anilines is 3. The van der Waals surface area contributed by atoms with E-state index in [0.717, 1.165) is 6.07 Å². The number of halogens is 3. The predicted molar refractivity (Wildman–Crippen MR) is 117 cm³/mol. The molecule has 0 saturated heterocycles. The molecule has 0 fully saturated rings. The number of rotatable bonds is 9. The number of hydrogen-bond donors (Lipinski definition) is 3. The van der Waals surface area contributed by atoms with Crippen LogP contribution in [0.15, 0.2) is 59.5 Å². The molecule has 0 radical (unpaired) electrons. The van der Waals surface area contributed by atoms with Crippen LogP contribution in [0.25, 0.3) is 0 Å². The van der Waals surface area contributed by atoms with Gasteiger partial charge in [0.15, 0.2) is 5.69 Å². The summed E-state index contributed by atoms with van der Waals surface area (Å²) in [7, 11) is -3.89. The number of carbonyl (C=O) groups is 1. The molecule has 3 aromatic rings. The van der Waals surface area contributed by atoms with Crippen molar-refractivity contribution in [3.05, 3.63) is 71.4 Å². The molecular weight excluding hydrogens is 473 g/mol. The average molecular weight is 490 g/mol. The van der Waals surface area contributed by atoms with Gasteiger partial charge in [0.2, 0.25) is 16.0 Å². The van der Waals surface area contributed by atoms with Crippen LogP contribution in [0, 0.1) is 11.3 Å². The van der Waals surface area contributed by atoms with Crippen LogP contribution in [0.4, 0.5) is 30.6 Å². The van der Waals surface area contributed by atoms with Crippen molar-refractivity contribution < 1.29 is 26.4 Å². The van der Waals surface area contributed by atoms with E-state index in [4.69, 9.17) is 5.26 Å². The van der Waals surface area contributed by atoms with Gasteiger partial charge in [-0.2, -0.15) is 23.4 Å². The van der Waals surface area contributed by atoms with Gasteiger partial charge in [0.1, 0.15) is 12.1 Å². The second-order valence-corrected chi connectivity index (χ2v) is 8.55. The average Bonchev–Trinajstić information content (AvgIpc) is 2.82. The Hall–Kier alpha value is -4.02. The number of aldehydes is 1. The number of carbonyl (C=O) groups excluding carboxylic acids is 1. The van der Waals surface area contributed by atoms with Crippen LogP contribution in [0.3, 0.4) is 0 Å². The Balaban J connectivity index is 1.68. The van der Waals surface area contributed by atoms with E-state index >= 15 is 0 Å². The molecule has 2 aromatic carbocycles. The molecule has 3 N–H and O–H groups in total. The van der Waals surface area contributed by atoms with Crippen LogP contribution >= 0.6 is 0 Å². The van der Waals surface area contributed by atoms with Crippen LogP contribution in [0.5, 0.6) is 0 Å². The van der Waals surface area contributed by atoms with E-state index < -0.39 is 21.9 Å². The van der Waals surface area contributed by atoms with Gasteiger partial charge in [-0.05, 0) is 36.4 Å². The second-order valence-electron chi connectivity index (χ2n) is 6.79. The maximum Gasteiger partial charge on any atom is 0.433 e. The molecule has 0 atom stereocenters. The van der Waals surface area contributed by atoms with Crippen molar-refractivity contribution in [1.29, 1.82) is 5.26 Å². The molecule has 0 bridgehead atoms. The summed E-state index contributed by atoms with van der Waals surface area (Å²) in [4.78, 5) is 18.0. The Labute approximate surface area is 192 Å². The normalized spacial score (nSPS) is 11.5. The lowest BCUT2D eigenvalue weighted by molar-refractivity contribution is -0.141. The fourth-order valence-corrected chi connectivity index (χ4v) is 3.71. The molecule has 0 amide bonds. The zero-order valence-corrected chi connectivity index (χ0v) is 18.1. The number of benzene rings is 2. The van der Waals surface area contributed by atoms with Crippen LogP contribution in [0.2, 0.25) is 0 Å². The highest BCUT2D eigenvalue weighted by atomic mass is 32.2. The molecule has 1 aromatic heterocycles. The molecule has 176 valence electrons. The van der Waals surface area contributed by atoms with Crippen LogP contribution in [-0.2, 0) is 16.2 Å². The lowest BCUT2D eigenvalue weighted by Crippen LogP contribution is -2.29. The van der Waals surface area contributed by atoms with Gasteiger partial charge < -0.3 is 10.6 Å². The third-order valence-corrected chi connectivity index (χ3v) is 5.81. The lowest BCUT2D eigenvalue weighted by atomic mass is 10.2. The standard InChI is InChI=1S/C21H17F3N6O3S/c22-21(23,24)18-11-19(28-16-5-1-14(12-25)2-6-16)30-20(29-18)26-9-10-27-34(32,33)17-7-3-15(13-31)4-8-17/h1-8,11,13,27H,9-10H2,(H2,26,28,29,30). The van der Waals surface area contributed by atoms with E-state index in [1.807, 2.05) is 6.07 Å². The summed E-state index contributed by atoms with van der Waals surface area (Å²) in [6, 6.07) is 13.9. The maximum absolute atomic E-state index is 13.3. The van der Waals surface area contributed by atoms with Gasteiger partial charge in [0, 0.05) is 30.4 Å². The summed E-state index contributed by atoms with van der Waals surface area (Å²) in [6.45, 7) is -0.279. The molecular formula is C21H17F3N6O3S. The minimum absolute atomic E-state index is 0.0673. The minimum atomic E-state index is -4.74. The Kier molecular flexibility index (Phi) is 7.44. The number of hydrogen-bond acceptors (Lipinski definition) is 8. The van der Waals surface area contributed by atoms with Crippen molar-refractivity contribution in [1.82, 2.24) is 14.7 Å². The molecule has 3 rings (SSSR count). The van der Waals surface area contributed by atoms with Crippen molar-refractivity contribution in [2.24, 2.45) is 0 Å². The van der Waals surface area contributed by atoms with E-state index in [-0.39, 0.29) is 29.8 Å². The number of alkyl halides is 3. The molecule has 0 aliphatic rings. The number of nitriles is 1. The first-order valence-electron chi connectivity index (χ1n) is 9.63. The zero-order chi connectivity index (χ0) is 24.8. The monoisotopic (exact) mass is 490 g/mol. The van der Waals surface area contributed by atoms with Crippen molar-refractivity contribution in [2.75, 3.05) is 23.7 Å². The first-order valence-corrected chi connectivity index (χ1v) is 11.1. The summed E-state index contributed by atoms with van der Waals surface area (Å²) in [5.41, 5.74) is -0.0939. The molecule has 0 aliphatic heterocycles. The van der Waals surface area contributed by atoms with Crippen molar-refractivity contribution in [3.63, 3.8) is 0 Å². The van der Waals surface area contributed by atoms with E-state index in [1.165, 1.54) is 48.5 Å². The highest BCUT2D eigenvalue weighted by Crippen LogP contribution is 2.30. The topological polar surface area (TPSA) is 137 Å². The fourth-order valence-electron chi connectivity index (χ4n) is 2.68. The summed E-state index contributed by atoms with van der Waals surface area (Å²) in [5, 5.41) is 14.1. The summed E-state index contributed by atoms with van der Waals surface area (Å²) < 4.78 is 66.7. The molecule has 0 aliphatic carbocycles. The van der Waals surface area contributed by atoms with Gasteiger partial charge in [-0.1, -0.05) is 12.1 Å². The Bertz CT molecular complexity index is 1310. The SMILES string of the molecule is N#Cc1ccc(Nc2cc(C(F)(F)F)nc(NCCNS(=O)(=O)c3ccc(C=O)cc3)n2)cc1. The minimum Gasteiger partial charge on any atom is -0.353 e. The first kappa shape index (κ1) is 24.6. The molecule has 0 spiro atoms. The molecule has 9 nitrogen and oxygen atoms in total. The van der Waals surface area contributed by atoms with E-state index in [2.05, 4.69) is 25.3 Å². The van der Waals surface area contributed by atoms with Crippen LogP contribution in [0.1, 0.15) is 21.6 Å². The Morgan fingerprint density at radius 3 is 2.26 bits per heavy atom. The molecule has 1 heterocycles. The van der Waals surface area contributed by atoms with Gasteiger partial charge in [0.05, 0.1) is 16.5 Å². The van der Waals surface area contributed by atoms with Gasteiger partial charge in [0.25, 0.3) is 0 Å². The lowest BCUT2D eigenvalue weighted by Gasteiger charge is -2.13. The molecule has 0 saturated carbocycles. The Morgan fingerprint density at radius 2 is 1.68 bits per heavy atom. The smallest absolute Gasteiger partial charge is 0.353 e. The number of nitrogens with one attached hydrogen (secondary N) is 3. The highest BCUT2D eigenvalue weighted by Gasteiger charge is 2.33. The van der Waals surface area contributed by atoms with Crippen molar-refractivity contribution >= 4 is 33.8 Å². The third-order valence-electron chi connectivity index (χ3n) is 4.33. The highest BCUT2D eigenvalue weighted by molar-refractivity contribution is 7.89. The predicted octanol–water partition coefficient (Wildman–Crippen LogP) is 3.31. The summed E-state index contributed by atoms with van der Waals surface area (Å²) in [6.07, 6.45) is -4.16.